The van der Waals surface area contributed by atoms with Crippen molar-refractivity contribution in [1.82, 2.24) is 0 Å². The summed E-state index contributed by atoms with van der Waals surface area (Å²) >= 11 is 0. The quantitative estimate of drug-likeness (QED) is 0.373. The number of fused-ring (bicyclic) bond motifs is 1. The van der Waals surface area contributed by atoms with Crippen molar-refractivity contribution in [1.29, 1.82) is 0 Å². The van der Waals surface area contributed by atoms with Crippen molar-refractivity contribution in [3.8, 4) is 17.2 Å². The smallest absolute Gasteiger partial charge is 0.315 e. The van der Waals surface area contributed by atoms with Crippen molar-refractivity contribution in [2.24, 2.45) is 0 Å². The second-order valence-electron chi connectivity index (χ2n) is 4.88. The van der Waals surface area contributed by atoms with E-state index in [4.69, 9.17) is 14.2 Å². The summed E-state index contributed by atoms with van der Waals surface area (Å²) in [6.07, 6.45) is 0.0631. The minimum atomic E-state index is -0.513. The molecule has 1 aliphatic rings. The zero-order valence-corrected chi connectivity index (χ0v) is 12.1. The van der Waals surface area contributed by atoms with Gasteiger partial charge in [-0.15, -0.1) is 0 Å². The molecule has 0 aromatic heterocycles. The minimum Gasteiger partial charge on any atom is -0.486 e. The summed E-state index contributed by atoms with van der Waals surface area (Å²) in [6, 6.07) is 10.6. The number of nitro groups is 1. The van der Waals surface area contributed by atoms with Crippen LogP contribution in [0.2, 0.25) is 0 Å². The van der Waals surface area contributed by atoms with E-state index < -0.39 is 10.9 Å². The number of hydrogen-bond donors (Lipinski definition) is 0. The maximum atomic E-state index is 11.9. The Hall–Kier alpha value is -3.09. The summed E-state index contributed by atoms with van der Waals surface area (Å²) in [5, 5.41) is 10.6. The fourth-order valence-electron chi connectivity index (χ4n) is 2.17. The van der Waals surface area contributed by atoms with Crippen molar-refractivity contribution < 1.29 is 23.9 Å². The first-order valence-electron chi connectivity index (χ1n) is 6.95. The van der Waals surface area contributed by atoms with Crippen molar-refractivity contribution in [3.05, 3.63) is 58.1 Å². The second-order valence-corrected chi connectivity index (χ2v) is 4.88. The third-order valence-corrected chi connectivity index (χ3v) is 3.23. The van der Waals surface area contributed by atoms with Crippen molar-refractivity contribution in [3.63, 3.8) is 0 Å². The normalized spacial score (nSPS) is 12.5. The molecule has 1 heterocycles. The Morgan fingerprint density at radius 3 is 2.48 bits per heavy atom. The van der Waals surface area contributed by atoms with Crippen LogP contribution in [0.5, 0.6) is 17.2 Å². The van der Waals surface area contributed by atoms with E-state index in [-0.39, 0.29) is 17.9 Å². The van der Waals surface area contributed by atoms with E-state index in [1.165, 1.54) is 24.3 Å². The zero-order chi connectivity index (χ0) is 16.2. The maximum absolute atomic E-state index is 11.9. The first kappa shape index (κ1) is 14.8. The number of carbonyl (C=O) groups is 1. The third-order valence-electron chi connectivity index (χ3n) is 3.23. The highest BCUT2D eigenvalue weighted by atomic mass is 16.6. The zero-order valence-electron chi connectivity index (χ0n) is 12.1. The summed E-state index contributed by atoms with van der Waals surface area (Å²) in [6.45, 7) is 0.984. The Kier molecular flexibility index (Phi) is 4.09. The number of rotatable bonds is 4. The maximum Gasteiger partial charge on any atom is 0.315 e. The predicted molar refractivity (Wildman–Crippen MR) is 79.9 cm³/mol. The van der Waals surface area contributed by atoms with Crippen LogP contribution >= 0.6 is 0 Å². The van der Waals surface area contributed by atoms with E-state index in [1.54, 1.807) is 18.2 Å². The van der Waals surface area contributed by atoms with Gasteiger partial charge in [0.2, 0.25) is 0 Å². The highest BCUT2D eigenvalue weighted by Gasteiger charge is 2.14. The topological polar surface area (TPSA) is 87.9 Å². The lowest BCUT2D eigenvalue weighted by molar-refractivity contribution is -0.384. The number of ether oxygens (including phenoxy) is 3. The molecule has 0 bridgehead atoms. The van der Waals surface area contributed by atoms with E-state index in [0.717, 1.165) is 5.56 Å². The highest BCUT2D eigenvalue weighted by Crippen LogP contribution is 2.31. The molecule has 23 heavy (non-hydrogen) atoms. The van der Waals surface area contributed by atoms with Gasteiger partial charge in [-0.05, 0) is 29.8 Å². The Labute approximate surface area is 131 Å². The van der Waals surface area contributed by atoms with E-state index in [0.29, 0.717) is 24.7 Å². The van der Waals surface area contributed by atoms with Gasteiger partial charge in [-0.1, -0.05) is 6.07 Å². The predicted octanol–water partition coefficient (Wildman–Crippen LogP) is 2.51. The van der Waals surface area contributed by atoms with Crippen LogP contribution in [-0.4, -0.2) is 24.1 Å². The molecule has 0 N–H and O–H groups in total. The fourth-order valence-corrected chi connectivity index (χ4v) is 2.17. The van der Waals surface area contributed by atoms with Crippen LogP contribution in [0, 0.1) is 10.1 Å². The average molecular weight is 315 g/mol. The van der Waals surface area contributed by atoms with Gasteiger partial charge in [0.05, 0.1) is 11.3 Å². The number of benzene rings is 2. The van der Waals surface area contributed by atoms with Crippen molar-refractivity contribution in [2.45, 2.75) is 6.42 Å². The lowest BCUT2D eigenvalue weighted by atomic mass is 10.1. The number of nitro benzene ring substituents is 1. The Morgan fingerprint density at radius 1 is 1.09 bits per heavy atom. The molecule has 7 heteroatoms. The Bertz CT molecular complexity index is 741. The standard InChI is InChI=1S/C16H13NO6/c18-16(23-13-4-2-12(3-5-13)17(19)20)10-11-1-6-14-15(9-11)22-8-7-21-14/h1-6,9H,7-8,10H2. The molecule has 1 aliphatic heterocycles. The third kappa shape index (κ3) is 3.57. The molecule has 0 amide bonds. The molecule has 0 aliphatic carbocycles. The van der Waals surface area contributed by atoms with E-state index in [9.17, 15) is 14.9 Å². The summed E-state index contributed by atoms with van der Waals surface area (Å²) in [4.78, 5) is 22.0. The van der Waals surface area contributed by atoms with Gasteiger partial charge < -0.3 is 14.2 Å². The van der Waals surface area contributed by atoms with Crippen LogP contribution in [0.25, 0.3) is 0 Å². The summed E-state index contributed by atoms with van der Waals surface area (Å²) in [7, 11) is 0. The molecule has 0 atom stereocenters. The fraction of sp³-hybridized carbons (Fsp3) is 0.188. The summed E-state index contributed by atoms with van der Waals surface area (Å²) in [5.74, 6) is 1.06. The number of esters is 1. The van der Waals surface area contributed by atoms with Gasteiger partial charge in [0.25, 0.3) is 5.69 Å². The summed E-state index contributed by atoms with van der Waals surface area (Å²) < 4.78 is 16.0. The molecule has 0 saturated heterocycles. The molecular formula is C16H13NO6. The second kappa shape index (κ2) is 6.35. The largest absolute Gasteiger partial charge is 0.486 e. The molecule has 0 unspecified atom stereocenters. The molecule has 2 aromatic rings. The Morgan fingerprint density at radius 2 is 1.78 bits per heavy atom. The van der Waals surface area contributed by atoms with Gasteiger partial charge >= 0.3 is 5.97 Å². The molecular weight excluding hydrogens is 302 g/mol. The Balaban J connectivity index is 1.64. The number of carbonyl (C=O) groups excluding carboxylic acids is 1. The van der Waals surface area contributed by atoms with Crippen LogP contribution in [-0.2, 0) is 11.2 Å². The van der Waals surface area contributed by atoms with Crippen LogP contribution in [0.4, 0.5) is 5.69 Å². The van der Waals surface area contributed by atoms with Gasteiger partial charge in [-0.2, -0.15) is 0 Å². The first-order chi connectivity index (χ1) is 11.1. The molecule has 118 valence electrons. The van der Waals surface area contributed by atoms with Gasteiger partial charge in [-0.25, -0.2) is 0 Å². The van der Waals surface area contributed by atoms with Gasteiger partial charge in [-0.3, -0.25) is 14.9 Å². The molecule has 0 spiro atoms. The molecule has 0 fully saturated rings. The van der Waals surface area contributed by atoms with E-state index in [2.05, 4.69) is 0 Å². The lowest BCUT2D eigenvalue weighted by Crippen LogP contribution is -2.16. The molecule has 3 rings (SSSR count). The monoisotopic (exact) mass is 315 g/mol. The van der Waals surface area contributed by atoms with E-state index >= 15 is 0 Å². The van der Waals surface area contributed by atoms with Gasteiger partial charge in [0.15, 0.2) is 11.5 Å². The molecule has 2 aromatic carbocycles. The SMILES string of the molecule is O=C(Cc1ccc2c(c1)OCCO2)Oc1ccc([N+](=O)[O-])cc1. The van der Waals surface area contributed by atoms with Crippen LogP contribution < -0.4 is 14.2 Å². The van der Waals surface area contributed by atoms with Crippen molar-refractivity contribution in [2.75, 3.05) is 13.2 Å². The van der Waals surface area contributed by atoms with Crippen molar-refractivity contribution >= 4 is 11.7 Å². The summed E-state index contributed by atoms with van der Waals surface area (Å²) in [5.41, 5.74) is 0.679. The lowest BCUT2D eigenvalue weighted by Gasteiger charge is -2.18. The number of nitrogens with zero attached hydrogens (tertiary/aromatic N) is 1. The average Bonchev–Trinajstić information content (AvgIpc) is 2.55. The van der Waals surface area contributed by atoms with Gasteiger partial charge in [0.1, 0.15) is 19.0 Å². The van der Waals surface area contributed by atoms with Gasteiger partial charge in [0, 0.05) is 12.1 Å². The van der Waals surface area contributed by atoms with Crippen LogP contribution in [0.15, 0.2) is 42.5 Å². The number of hydrogen-bond acceptors (Lipinski definition) is 6. The van der Waals surface area contributed by atoms with E-state index in [1.807, 2.05) is 0 Å². The number of non-ortho nitro benzene ring substituents is 1. The van der Waals surface area contributed by atoms with Crippen LogP contribution in [0.3, 0.4) is 0 Å². The first-order valence-corrected chi connectivity index (χ1v) is 6.95. The molecule has 7 nitrogen and oxygen atoms in total. The molecule has 0 saturated carbocycles. The van der Waals surface area contributed by atoms with Crippen LogP contribution in [0.1, 0.15) is 5.56 Å². The minimum absolute atomic E-state index is 0.0587. The molecule has 0 radical (unpaired) electrons. The highest BCUT2D eigenvalue weighted by molar-refractivity contribution is 5.75.